The predicted molar refractivity (Wildman–Crippen MR) is 58.4 cm³/mol. The van der Waals surface area contributed by atoms with E-state index in [2.05, 4.69) is 0 Å². The Morgan fingerprint density at radius 2 is 2.13 bits per heavy atom. The first kappa shape index (κ1) is 12.1. The van der Waals surface area contributed by atoms with E-state index in [0.717, 1.165) is 0 Å². The Kier molecular flexibility index (Phi) is 3.47. The van der Waals surface area contributed by atoms with Crippen molar-refractivity contribution in [1.29, 1.82) is 0 Å². The van der Waals surface area contributed by atoms with Crippen LogP contribution in [0.15, 0.2) is 18.2 Å². The number of carbonyl (C=O) groups excluding carboxylic acids is 1. The second kappa shape index (κ2) is 4.29. The van der Waals surface area contributed by atoms with E-state index in [0.29, 0.717) is 5.56 Å². The van der Waals surface area contributed by atoms with Crippen LogP contribution in [0.25, 0.3) is 0 Å². The first-order valence-corrected chi connectivity index (χ1v) is 4.94. The highest BCUT2D eigenvalue weighted by Crippen LogP contribution is 2.19. The lowest BCUT2D eigenvalue weighted by Crippen LogP contribution is -2.42. The summed E-state index contributed by atoms with van der Waals surface area (Å²) in [6, 6.07) is 3.97. The summed E-state index contributed by atoms with van der Waals surface area (Å²) in [7, 11) is 0. The third-order valence-corrected chi connectivity index (χ3v) is 2.44. The number of halogens is 2. The van der Waals surface area contributed by atoms with Gasteiger partial charge in [0.15, 0.2) is 5.78 Å². The zero-order valence-corrected chi connectivity index (χ0v) is 9.44. The molecule has 0 radical (unpaired) electrons. The average molecular weight is 230 g/mol. The maximum Gasteiger partial charge on any atom is 0.156 e. The summed E-state index contributed by atoms with van der Waals surface area (Å²) in [4.78, 5) is 11.6. The molecule has 0 fully saturated rings. The van der Waals surface area contributed by atoms with Crippen molar-refractivity contribution in [2.24, 2.45) is 5.73 Å². The zero-order chi connectivity index (χ0) is 11.6. The quantitative estimate of drug-likeness (QED) is 0.865. The van der Waals surface area contributed by atoms with Crippen molar-refractivity contribution in [3.8, 4) is 0 Å². The zero-order valence-electron chi connectivity index (χ0n) is 8.68. The number of carbonyl (C=O) groups is 1. The summed E-state index contributed by atoms with van der Waals surface area (Å²) in [6.45, 7) is 3.26. The van der Waals surface area contributed by atoms with E-state index in [1.807, 2.05) is 0 Å². The third-order valence-electron chi connectivity index (χ3n) is 2.08. The standard InChI is InChI=1S/C11H13ClFNO/c1-11(2,14)10(15)5-7-3-4-8(13)6-9(7)12/h3-4,6H,5,14H2,1-2H3. The van der Waals surface area contributed by atoms with E-state index in [-0.39, 0.29) is 17.2 Å². The lowest BCUT2D eigenvalue weighted by Gasteiger charge is -2.16. The minimum Gasteiger partial charge on any atom is -0.319 e. The van der Waals surface area contributed by atoms with Gasteiger partial charge in [0.1, 0.15) is 5.82 Å². The van der Waals surface area contributed by atoms with E-state index in [4.69, 9.17) is 17.3 Å². The van der Waals surface area contributed by atoms with Gasteiger partial charge >= 0.3 is 0 Å². The van der Waals surface area contributed by atoms with E-state index in [1.165, 1.54) is 18.2 Å². The molecule has 4 heteroatoms. The first-order valence-electron chi connectivity index (χ1n) is 4.57. The first-order chi connectivity index (χ1) is 6.80. The Morgan fingerprint density at radius 1 is 1.53 bits per heavy atom. The fourth-order valence-electron chi connectivity index (χ4n) is 1.07. The maximum atomic E-state index is 12.7. The van der Waals surface area contributed by atoms with E-state index < -0.39 is 11.4 Å². The summed E-state index contributed by atoms with van der Waals surface area (Å²) < 4.78 is 12.7. The number of Topliss-reactive ketones (excluding diaryl/α,β-unsaturated/α-hetero) is 1. The van der Waals surface area contributed by atoms with Crippen LogP contribution < -0.4 is 5.73 Å². The summed E-state index contributed by atoms with van der Waals surface area (Å²) in [5, 5.41) is 0.257. The Bertz CT molecular complexity index is 385. The van der Waals surface area contributed by atoms with Crippen molar-refractivity contribution in [3.63, 3.8) is 0 Å². The molecule has 0 heterocycles. The fraction of sp³-hybridized carbons (Fsp3) is 0.364. The van der Waals surface area contributed by atoms with Gasteiger partial charge < -0.3 is 5.73 Å². The molecule has 0 aliphatic carbocycles. The van der Waals surface area contributed by atoms with Gasteiger partial charge in [-0.05, 0) is 31.5 Å². The molecule has 82 valence electrons. The molecule has 0 spiro atoms. The maximum absolute atomic E-state index is 12.7. The van der Waals surface area contributed by atoms with Crippen LogP contribution in [0.4, 0.5) is 4.39 Å². The van der Waals surface area contributed by atoms with Gasteiger partial charge in [-0.2, -0.15) is 0 Å². The minimum absolute atomic E-state index is 0.128. The van der Waals surface area contributed by atoms with Crippen molar-refractivity contribution in [2.45, 2.75) is 25.8 Å². The molecule has 2 N–H and O–H groups in total. The van der Waals surface area contributed by atoms with Crippen molar-refractivity contribution >= 4 is 17.4 Å². The molecule has 0 saturated heterocycles. The van der Waals surface area contributed by atoms with Crippen LogP contribution in [0.1, 0.15) is 19.4 Å². The van der Waals surface area contributed by atoms with Gasteiger partial charge in [-0.3, -0.25) is 4.79 Å². The van der Waals surface area contributed by atoms with Crippen LogP contribution in [0.2, 0.25) is 5.02 Å². The van der Waals surface area contributed by atoms with Crippen LogP contribution in [-0.2, 0) is 11.2 Å². The molecule has 0 unspecified atom stereocenters. The molecule has 1 aromatic rings. The van der Waals surface area contributed by atoms with E-state index >= 15 is 0 Å². The molecule has 0 aromatic heterocycles. The molecule has 0 bridgehead atoms. The number of ketones is 1. The van der Waals surface area contributed by atoms with Gasteiger partial charge in [0.25, 0.3) is 0 Å². The molecule has 2 nitrogen and oxygen atoms in total. The lowest BCUT2D eigenvalue weighted by atomic mass is 9.95. The van der Waals surface area contributed by atoms with Gasteiger partial charge in [0, 0.05) is 11.4 Å². The average Bonchev–Trinajstić information content (AvgIpc) is 2.08. The topological polar surface area (TPSA) is 43.1 Å². The fourth-order valence-corrected chi connectivity index (χ4v) is 1.30. The number of rotatable bonds is 3. The smallest absolute Gasteiger partial charge is 0.156 e. The Balaban J connectivity index is 2.87. The van der Waals surface area contributed by atoms with E-state index in [1.54, 1.807) is 13.8 Å². The van der Waals surface area contributed by atoms with Gasteiger partial charge in [0.05, 0.1) is 5.54 Å². The third kappa shape index (κ3) is 3.29. The van der Waals surface area contributed by atoms with Crippen molar-refractivity contribution in [3.05, 3.63) is 34.6 Å². The lowest BCUT2D eigenvalue weighted by molar-refractivity contribution is -0.122. The molecule has 1 rings (SSSR count). The monoisotopic (exact) mass is 229 g/mol. The number of hydrogen-bond acceptors (Lipinski definition) is 2. The Labute approximate surface area is 93.2 Å². The normalized spacial score (nSPS) is 11.5. The van der Waals surface area contributed by atoms with Crippen LogP contribution in [-0.4, -0.2) is 11.3 Å². The van der Waals surface area contributed by atoms with Gasteiger partial charge in [-0.15, -0.1) is 0 Å². The van der Waals surface area contributed by atoms with Crippen LogP contribution >= 0.6 is 11.6 Å². The summed E-state index contributed by atoms with van der Waals surface area (Å²) in [5.41, 5.74) is 5.35. The van der Waals surface area contributed by atoms with Gasteiger partial charge in [0.2, 0.25) is 0 Å². The highest BCUT2D eigenvalue weighted by molar-refractivity contribution is 6.31. The summed E-state index contributed by atoms with van der Waals surface area (Å²) in [5.74, 6) is -0.542. The van der Waals surface area contributed by atoms with Crippen molar-refractivity contribution < 1.29 is 9.18 Å². The minimum atomic E-state index is -0.891. The summed E-state index contributed by atoms with van der Waals surface area (Å²) in [6.07, 6.45) is 0.128. The van der Waals surface area contributed by atoms with Crippen LogP contribution in [0.3, 0.4) is 0 Å². The molecule has 0 amide bonds. The molecular formula is C11H13ClFNO. The largest absolute Gasteiger partial charge is 0.319 e. The van der Waals surface area contributed by atoms with Gasteiger partial charge in [-0.25, -0.2) is 4.39 Å². The second-order valence-electron chi connectivity index (χ2n) is 4.06. The highest BCUT2D eigenvalue weighted by Gasteiger charge is 2.22. The molecule has 15 heavy (non-hydrogen) atoms. The molecule has 0 aliphatic heterocycles. The van der Waals surface area contributed by atoms with Crippen molar-refractivity contribution in [1.82, 2.24) is 0 Å². The van der Waals surface area contributed by atoms with Gasteiger partial charge in [-0.1, -0.05) is 17.7 Å². The number of hydrogen-bond donors (Lipinski definition) is 1. The molecule has 1 aromatic carbocycles. The number of nitrogens with two attached hydrogens (primary N) is 1. The molecule has 0 saturated carbocycles. The summed E-state index contributed by atoms with van der Waals surface area (Å²) >= 11 is 5.79. The second-order valence-corrected chi connectivity index (χ2v) is 4.46. The molecular weight excluding hydrogens is 217 g/mol. The van der Waals surface area contributed by atoms with Crippen LogP contribution in [0, 0.1) is 5.82 Å². The predicted octanol–water partition coefficient (Wildman–Crippen LogP) is 2.33. The van der Waals surface area contributed by atoms with E-state index in [9.17, 15) is 9.18 Å². The molecule has 0 atom stereocenters. The SMILES string of the molecule is CC(C)(N)C(=O)Cc1ccc(F)cc1Cl. The number of benzene rings is 1. The van der Waals surface area contributed by atoms with Crippen molar-refractivity contribution in [2.75, 3.05) is 0 Å². The molecule has 0 aliphatic rings. The van der Waals surface area contributed by atoms with Crippen LogP contribution in [0.5, 0.6) is 0 Å². The Hall–Kier alpha value is -0.930. The Morgan fingerprint density at radius 3 is 2.60 bits per heavy atom. The highest BCUT2D eigenvalue weighted by atomic mass is 35.5.